The zero-order valence-electron chi connectivity index (χ0n) is 12.4. The molecule has 1 N–H and O–H groups in total. The minimum atomic E-state index is 0.143. The van der Waals surface area contributed by atoms with Crippen LogP contribution in [0.3, 0.4) is 0 Å². The second kappa shape index (κ2) is 6.91. The summed E-state index contributed by atoms with van der Waals surface area (Å²) in [5, 5.41) is 8.73. The topological polar surface area (TPSA) is 29.9 Å². The van der Waals surface area contributed by atoms with Crippen molar-refractivity contribution in [2.24, 2.45) is 0 Å². The summed E-state index contributed by atoms with van der Waals surface area (Å²) >= 11 is 6.15. The third-order valence-electron chi connectivity index (χ3n) is 3.40. The molecule has 2 aromatic rings. The Kier molecular flexibility index (Phi) is 5.21. The van der Waals surface area contributed by atoms with Gasteiger partial charge in [0, 0.05) is 23.3 Å². The Morgan fingerprint density at radius 1 is 1.35 bits per heavy atom. The minimum absolute atomic E-state index is 0.143. The van der Waals surface area contributed by atoms with Gasteiger partial charge in [0.15, 0.2) is 0 Å². The van der Waals surface area contributed by atoms with Crippen LogP contribution in [0.25, 0.3) is 0 Å². The smallest absolute Gasteiger partial charge is 0.0610 e. The van der Waals surface area contributed by atoms with E-state index in [0.29, 0.717) is 0 Å². The Hall–Kier alpha value is -1.32. The molecule has 0 saturated carbocycles. The van der Waals surface area contributed by atoms with E-state index in [-0.39, 0.29) is 6.04 Å². The molecule has 3 nitrogen and oxygen atoms in total. The summed E-state index contributed by atoms with van der Waals surface area (Å²) in [5.41, 5.74) is 3.64. The number of aryl methyl sites for hydroxylation is 2. The normalized spacial score (nSPS) is 12.6. The summed E-state index contributed by atoms with van der Waals surface area (Å²) in [6.07, 6.45) is 5.16. The second-order valence-corrected chi connectivity index (χ2v) is 5.46. The van der Waals surface area contributed by atoms with Gasteiger partial charge in [-0.15, -0.1) is 0 Å². The molecule has 0 spiro atoms. The van der Waals surface area contributed by atoms with Crippen molar-refractivity contribution in [3.63, 3.8) is 0 Å². The molecule has 0 bridgehead atoms. The lowest BCUT2D eigenvalue weighted by molar-refractivity contribution is 0.597. The van der Waals surface area contributed by atoms with Crippen LogP contribution in [0.2, 0.25) is 5.02 Å². The fourth-order valence-corrected chi connectivity index (χ4v) is 2.59. The average molecular weight is 292 g/mol. The monoisotopic (exact) mass is 291 g/mol. The standard InChI is InChI=1S/C16H22ClN3/c1-4-8-20-11-13(10-19-20)16(18-5-2)15-9-14(17)7-6-12(15)3/h6-7,9-11,16,18H,4-5,8H2,1-3H3. The van der Waals surface area contributed by atoms with Crippen molar-refractivity contribution in [2.75, 3.05) is 6.54 Å². The number of benzene rings is 1. The van der Waals surface area contributed by atoms with Gasteiger partial charge in [-0.1, -0.05) is 31.5 Å². The Morgan fingerprint density at radius 2 is 2.15 bits per heavy atom. The van der Waals surface area contributed by atoms with E-state index in [9.17, 15) is 0 Å². The van der Waals surface area contributed by atoms with Crippen LogP contribution in [-0.4, -0.2) is 16.3 Å². The lowest BCUT2D eigenvalue weighted by Crippen LogP contribution is -2.22. The zero-order chi connectivity index (χ0) is 14.5. The second-order valence-electron chi connectivity index (χ2n) is 5.03. The predicted molar refractivity (Wildman–Crippen MR) is 84.2 cm³/mol. The SMILES string of the molecule is CCCn1cc(C(NCC)c2cc(Cl)ccc2C)cn1. The van der Waals surface area contributed by atoms with Gasteiger partial charge in [0.05, 0.1) is 12.2 Å². The molecule has 1 atom stereocenters. The molecule has 4 heteroatoms. The van der Waals surface area contributed by atoms with E-state index < -0.39 is 0 Å². The molecule has 1 aromatic carbocycles. The van der Waals surface area contributed by atoms with Crippen LogP contribution in [0.5, 0.6) is 0 Å². The molecule has 0 saturated heterocycles. The highest BCUT2D eigenvalue weighted by molar-refractivity contribution is 6.30. The van der Waals surface area contributed by atoms with Gasteiger partial charge in [0.2, 0.25) is 0 Å². The zero-order valence-corrected chi connectivity index (χ0v) is 13.1. The molecular weight excluding hydrogens is 270 g/mol. The molecular formula is C16H22ClN3. The third kappa shape index (κ3) is 3.41. The van der Waals surface area contributed by atoms with E-state index in [1.807, 2.05) is 23.0 Å². The van der Waals surface area contributed by atoms with E-state index in [2.05, 4.69) is 43.4 Å². The summed E-state index contributed by atoms with van der Waals surface area (Å²) < 4.78 is 2.00. The van der Waals surface area contributed by atoms with Crippen molar-refractivity contribution in [1.82, 2.24) is 15.1 Å². The molecule has 0 fully saturated rings. The van der Waals surface area contributed by atoms with Crippen molar-refractivity contribution in [3.05, 3.63) is 52.3 Å². The molecule has 2 rings (SSSR count). The van der Waals surface area contributed by atoms with E-state index in [4.69, 9.17) is 11.6 Å². The molecule has 1 aromatic heterocycles. The first-order valence-electron chi connectivity index (χ1n) is 7.17. The maximum atomic E-state index is 6.15. The highest BCUT2D eigenvalue weighted by atomic mass is 35.5. The minimum Gasteiger partial charge on any atom is -0.306 e. The molecule has 1 heterocycles. The fourth-order valence-electron chi connectivity index (χ4n) is 2.41. The number of halogens is 1. The molecule has 0 aliphatic rings. The van der Waals surface area contributed by atoms with Gasteiger partial charge >= 0.3 is 0 Å². The largest absolute Gasteiger partial charge is 0.306 e. The molecule has 20 heavy (non-hydrogen) atoms. The summed E-state index contributed by atoms with van der Waals surface area (Å²) in [5.74, 6) is 0. The third-order valence-corrected chi connectivity index (χ3v) is 3.63. The van der Waals surface area contributed by atoms with Crippen LogP contribution in [0.15, 0.2) is 30.6 Å². The summed E-state index contributed by atoms with van der Waals surface area (Å²) in [6, 6.07) is 6.19. The number of hydrogen-bond acceptors (Lipinski definition) is 2. The van der Waals surface area contributed by atoms with Gasteiger partial charge in [-0.25, -0.2) is 0 Å². The van der Waals surface area contributed by atoms with Crippen molar-refractivity contribution in [3.8, 4) is 0 Å². The summed E-state index contributed by atoms with van der Waals surface area (Å²) in [4.78, 5) is 0. The van der Waals surface area contributed by atoms with Crippen molar-refractivity contribution in [2.45, 2.75) is 39.8 Å². The fraction of sp³-hybridized carbons (Fsp3) is 0.438. The first kappa shape index (κ1) is 15.1. The van der Waals surface area contributed by atoms with Crippen molar-refractivity contribution < 1.29 is 0 Å². The first-order chi connectivity index (χ1) is 9.65. The molecule has 0 radical (unpaired) electrons. The van der Waals surface area contributed by atoms with Gasteiger partial charge in [0.25, 0.3) is 0 Å². The maximum Gasteiger partial charge on any atom is 0.0610 e. The highest BCUT2D eigenvalue weighted by Crippen LogP contribution is 2.27. The maximum absolute atomic E-state index is 6.15. The van der Waals surface area contributed by atoms with E-state index in [1.54, 1.807) is 0 Å². The van der Waals surface area contributed by atoms with Crippen molar-refractivity contribution in [1.29, 1.82) is 0 Å². The lowest BCUT2D eigenvalue weighted by atomic mass is 9.97. The van der Waals surface area contributed by atoms with Gasteiger partial charge in [-0.05, 0) is 43.1 Å². The van der Waals surface area contributed by atoms with Gasteiger partial charge in [0.1, 0.15) is 0 Å². The van der Waals surface area contributed by atoms with Crippen LogP contribution >= 0.6 is 11.6 Å². The van der Waals surface area contributed by atoms with E-state index in [1.165, 1.54) is 16.7 Å². The van der Waals surface area contributed by atoms with Crippen LogP contribution in [-0.2, 0) is 6.54 Å². The average Bonchev–Trinajstić information content (AvgIpc) is 2.88. The Bertz CT molecular complexity index is 563. The Balaban J connectivity index is 2.36. The Labute approximate surface area is 126 Å². The summed E-state index contributed by atoms with van der Waals surface area (Å²) in [7, 11) is 0. The molecule has 0 aliphatic carbocycles. The molecule has 1 unspecified atom stereocenters. The lowest BCUT2D eigenvalue weighted by Gasteiger charge is -2.19. The number of nitrogens with one attached hydrogen (secondary N) is 1. The predicted octanol–water partition coefficient (Wildman–Crippen LogP) is 3.95. The highest BCUT2D eigenvalue weighted by Gasteiger charge is 2.17. The van der Waals surface area contributed by atoms with Crippen LogP contribution in [0.1, 0.15) is 43.0 Å². The number of nitrogens with zero attached hydrogens (tertiary/aromatic N) is 2. The van der Waals surface area contributed by atoms with Crippen LogP contribution < -0.4 is 5.32 Å². The van der Waals surface area contributed by atoms with Crippen molar-refractivity contribution >= 4 is 11.6 Å². The van der Waals surface area contributed by atoms with Crippen LogP contribution in [0.4, 0.5) is 0 Å². The van der Waals surface area contributed by atoms with Gasteiger partial charge in [-0.3, -0.25) is 4.68 Å². The van der Waals surface area contributed by atoms with Crippen LogP contribution in [0, 0.1) is 6.92 Å². The number of aromatic nitrogens is 2. The quantitative estimate of drug-likeness (QED) is 0.873. The summed E-state index contributed by atoms with van der Waals surface area (Å²) in [6.45, 7) is 8.24. The van der Waals surface area contributed by atoms with E-state index >= 15 is 0 Å². The number of hydrogen-bond donors (Lipinski definition) is 1. The first-order valence-corrected chi connectivity index (χ1v) is 7.55. The van der Waals surface area contributed by atoms with Gasteiger partial charge < -0.3 is 5.32 Å². The van der Waals surface area contributed by atoms with E-state index in [0.717, 1.165) is 24.5 Å². The Morgan fingerprint density at radius 3 is 2.85 bits per heavy atom. The van der Waals surface area contributed by atoms with Gasteiger partial charge in [-0.2, -0.15) is 5.10 Å². The molecule has 108 valence electrons. The molecule has 0 amide bonds. The molecule has 0 aliphatic heterocycles. The number of rotatable bonds is 6.